The Morgan fingerprint density at radius 1 is 1.24 bits per heavy atom. The van der Waals surface area contributed by atoms with Gasteiger partial charge in [0.2, 0.25) is 5.91 Å². The predicted octanol–water partition coefficient (Wildman–Crippen LogP) is 2.95. The molecule has 21 heavy (non-hydrogen) atoms. The first-order valence-electron chi connectivity index (χ1n) is 6.41. The second-order valence-corrected chi connectivity index (χ2v) is 5.12. The molecule has 0 saturated carbocycles. The molecule has 0 spiro atoms. The lowest BCUT2D eigenvalue weighted by molar-refractivity contribution is -0.115. The van der Waals surface area contributed by atoms with Gasteiger partial charge in [0.25, 0.3) is 0 Å². The molecule has 0 saturated heterocycles. The maximum atomic E-state index is 13.5. The van der Waals surface area contributed by atoms with E-state index >= 15 is 0 Å². The molecular formula is C16H15FN2OS. The second kappa shape index (κ2) is 6.45. The predicted molar refractivity (Wildman–Crippen MR) is 85.8 cm³/mol. The van der Waals surface area contributed by atoms with E-state index in [4.69, 9.17) is 18.0 Å². The van der Waals surface area contributed by atoms with Crippen molar-refractivity contribution in [3.05, 3.63) is 65.0 Å². The van der Waals surface area contributed by atoms with Crippen LogP contribution in [0.25, 0.3) is 0 Å². The van der Waals surface area contributed by atoms with Gasteiger partial charge in [-0.3, -0.25) is 4.79 Å². The zero-order chi connectivity index (χ0) is 15.4. The largest absolute Gasteiger partial charge is 0.389 e. The number of anilines is 1. The molecule has 1 amide bonds. The summed E-state index contributed by atoms with van der Waals surface area (Å²) in [5.41, 5.74) is 8.09. The molecule has 0 bridgehead atoms. The summed E-state index contributed by atoms with van der Waals surface area (Å²) < 4.78 is 13.5. The molecule has 2 rings (SSSR count). The number of benzene rings is 2. The van der Waals surface area contributed by atoms with Gasteiger partial charge >= 0.3 is 0 Å². The van der Waals surface area contributed by atoms with Crippen LogP contribution in [-0.4, -0.2) is 10.9 Å². The number of aryl methyl sites for hydroxylation is 1. The number of amides is 1. The summed E-state index contributed by atoms with van der Waals surface area (Å²) in [5.74, 6) is -0.713. The lowest BCUT2D eigenvalue weighted by Crippen LogP contribution is -2.20. The highest BCUT2D eigenvalue weighted by atomic mass is 32.1. The summed E-state index contributed by atoms with van der Waals surface area (Å²) in [6.45, 7) is 1.86. The highest BCUT2D eigenvalue weighted by molar-refractivity contribution is 7.80. The van der Waals surface area contributed by atoms with E-state index in [0.717, 1.165) is 5.56 Å². The van der Waals surface area contributed by atoms with Gasteiger partial charge in [0.1, 0.15) is 10.8 Å². The van der Waals surface area contributed by atoms with Crippen molar-refractivity contribution in [2.24, 2.45) is 5.73 Å². The van der Waals surface area contributed by atoms with Crippen molar-refractivity contribution in [2.45, 2.75) is 13.3 Å². The SMILES string of the molecule is Cc1cccc(NC(=O)Cc2ccccc2F)c1C(N)=S. The Balaban J connectivity index is 2.19. The molecule has 0 aromatic heterocycles. The fourth-order valence-electron chi connectivity index (χ4n) is 2.11. The van der Waals surface area contributed by atoms with Crippen molar-refractivity contribution in [2.75, 3.05) is 5.32 Å². The van der Waals surface area contributed by atoms with Crippen LogP contribution in [0.1, 0.15) is 16.7 Å². The van der Waals surface area contributed by atoms with E-state index in [1.165, 1.54) is 6.07 Å². The van der Waals surface area contributed by atoms with Gasteiger partial charge in [0.05, 0.1) is 12.1 Å². The van der Waals surface area contributed by atoms with Gasteiger partial charge in [0.15, 0.2) is 0 Å². The average Bonchev–Trinajstić information content (AvgIpc) is 2.41. The average molecular weight is 302 g/mol. The number of hydrogen-bond donors (Lipinski definition) is 2. The van der Waals surface area contributed by atoms with Crippen molar-refractivity contribution in [3.63, 3.8) is 0 Å². The minimum atomic E-state index is -0.397. The molecule has 0 heterocycles. The van der Waals surface area contributed by atoms with Crippen LogP contribution < -0.4 is 11.1 Å². The van der Waals surface area contributed by atoms with Crippen LogP contribution in [0.15, 0.2) is 42.5 Å². The van der Waals surface area contributed by atoms with E-state index in [0.29, 0.717) is 16.8 Å². The number of rotatable bonds is 4. The van der Waals surface area contributed by atoms with E-state index < -0.39 is 5.82 Å². The number of halogens is 1. The van der Waals surface area contributed by atoms with Gasteiger partial charge in [-0.1, -0.05) is 42.5 Å². The zero-order valence-corrected chi connectivity index (χ0v) is 12.3. The van der Waals surface area contributed by atoms with Crippen LogP contribution in [-0.2, 0) is 11.2 Å². The Hall–Kier alpha value is -2.27. The molecular weight excluding hydrogens is 287 g/mol. The summed E-state index contributed by atoms with van der Waals surface area (Å²) in [6, 6.07) is 11.6. The molecule has 0 aliphatic rings. The van der Waals surface area contributed by atoms with E-state index in [1.807, 2.05) is 13.0 Å². The summed E-state index contributed by atoms with van der Waals surface area (Å²) in [6.07, 6.45) is -0.0443. The highest BCUT2D eigenvalue weighted by Crippen LogP contribution is 2.20. The quantitative estimate of drug-likeness (QED) is 0.854. The van der Waals surface area contributed by atoms with Gasteiger partial charge in [-0.05, 0) is 30.2 Å². The molecule has 2 aromatic carbocycles. The normalized spacial score (nSPS) is 10.2. The van der Waals surface area contributed by atoms with E-state index in [9.17, 15) is 9.18 Å². The topological polar surface area (TPSA) is 55.1 Å². The Kier molecular flexibility index (Phi) is 4.65. The molecule has 2 aromatic rings. The van der Waals surface area contributed by atoms with Crippen molar-refractivity contribution >= 4 is 28.8 Å². The Bertz CT molecular complexity index is 700. The summed E-state index contributed by atoms with van der Waals surface area (Å²) in [5, 5.41) is 2.74. The molecule has 0 fully saturated rings. The monoisotopic (exact) mass is 302 g/mol. The smallest absolute Gasteiger partial charge is 0.228 e. The summed E-state index contributed by atoms with van der Waals surface area (Å²) in [7, 11) is 0. The molecule has 0 radical (unpaired) electrons. The number of nitrogens with two attached hydrogens (primary N) is 1. The second-order valence-electron chi connectivity index (χ2n) is 4.68. The maximum absolute atomic E-state index is 13.5. The van der Waals surface area contributed by atoms with Crippen molar-refractivity contribution < 1.29 is 9.18 Å². The fraction of sp³-hybridized carbons (Fsp3) is 0.125. The summed E-state index contributed by atoms with van der Waals surface area (Å²) in [4.78, 5) is 12.3. The molecule has 0 aliphatic heterocycles. The lowest BCUT2D eigenvalue weighted by Gasteiger charge is -2.12. The number of carbonyl (C=O) groups is 1. The molecule has 3 nitrogen and oxygen atoms in total. The first-order valence-corrected chi connectivity index (χ1v) is 6.82. The maximum Gasteiger partial charge on any atom is 0.228 e. The fourth-order valence-corrected chi connectivity index (χ4v) is 2.38. The Morgan fingerprint density at radius 2 is 1.95 bits per heavy atom. The highest BCUT2D eigenvalue weighted by Gasteiger charge is 2.12. The molecule has 0 atom stereocenters. The third kappa shape index (κ3) is 3.64. The molecule has 0 aliphatic carbocycles. The molecule has 108 valence electrons. The standard InChI is InChI=1S/C16H15FN2OS/c1-10-5-4-8-13(15(10)16(18)21)19-14(20)9-11-6-2-3-7-12(11)17/h2-8H,9H2,1H3,(H2,18,21)(H,19,20). The van der Waals surface area contributed by atoms with Gasteiger partial charge in [0, 0.05) is 5.56 Å². The van der Waals surface area contributed by atoms with E-state index in [-0.39, 0.29) is 17.3 Å². The zero-order valence-electron chi connectivity index (χ0n) is 11.5. The minimum Gasteiger partial charge on any atom is -0.389 e. The molecule has 3 N–H and O–H groups in total. The molecule has 5 heteroatoms. The van der Waals surface area contributed by atoms with Crippen LogP contribution in [0, 0.1) is 12.7 Å². The third-order valence-corrected chi connectivity index (χ3v) is 3.31. The van der Waals surface area contributed by atoms with Crippen molar-refractivity contribution in [3.8, 4) is 0 Å². The van der Waals surface area contributed by atoms with E-state index in [1.54, 1.807) is 30.3 Å². The van der Waals surface area contributed by atoms with Gasteiger partial charge < -0.3 is 11.1 Å². The number of carbonyl (C=O) groups excluding carboxylic acids is 1. The molecule has 0 unspecified atom stereocenters. The Morgan fingerprint density at radius 3 is 2.62 bits per heavy atom. The van der Waals surface area contributed by atoms with E-state index in [2.05, 4.69) is 5.32 Å². The van der Waals surface area contributed by atoms with Crippen molar-refractivity contribution in [1.29, 1.82) is 0 Å². The van der Waals surface area contributed by atoms with Crippen LogP contribution >= 0.6 is 12.2 Å². The first kappa shape index (κ1) is 15.1. The summed E-state index contributed by atoms with van der Waals surface area (Å²) >= 11 is 5.01. The van der Waals surface area contributed by atoms with Gasteiger partial charge in [-0.25, -0.2) is 4.39 Å². The lowest BCUT2D eigenvalue weighted by atomic mass is 10.1. The third-order valence-electron chi connectivity index (χ3n) is 3.10. The number of nitrogens with one attached hydrogen (secondary N) is 1. The van der Waals surface area contributed by atoms with Gasteiger partial charge in [-0.15, -0.1) is 0 Å². The van der Waals surface area contributed by atoms with Gasteiger partial charge in [-0.2, -0.15) is 0 Å². The van der Waals surface area contributed by atoms with Crippen LogP contribution in [0.4, 0.5) is 10.1 Å². The number of hydrogen-bond acceptors (Lipinski definition) is 2. The van der Waals surface area contributed by atoms with Crippen LogP contribution in [0.2, 0.25) is 0 Å². The number of thiocarbonyl (C=S) groups is 1. The Labute approximate surface area is 128 Å². The first-order chi connectivity index (χ1) is 9.99. The van der Waals surface area contributed by atoms with Crippen LogP contribution in [0.5, 0.6) is 0 Å². The van der Waals surface area contributed by atoms with Crippen LogP contribution in [0.3, 0.4) is 0 Å². The minimum absolute atomic E-state index is 0.0443. The van der Waals surface area contributed by atoms with Crippen molar-refractivity contribution in [1.82, 2.24) is 0 Å².